The van der Waals surface area contributed by atoms with Crippen molar-refractivity contribution < 1.29 is 4.79 Å². The van der Waals surface area contributed by atoms with Crippen molar-refractivity contribution in [2.75, 3.05) is 0 Å². The van der Waals surface area contributed by atoms with Gasteiger partial charge < -0.3 is 0 Å². The number of rotatable bonds is 3. The van der Waals surface area contributed by atoms with Gasteiger partial charge in [-0.2, -0.15) is 0 Å². The van der Waals surface area contributed by atoms with E-state index in [2.05, 4.69) is 4.72 Å². The molecule has 0 aromatic heterocycles. The average molecular weight is 195 g/mol. The Balaban J connectivity index is 2.46. The summed E-state index contributed by atoms with van der Waals surface area (Å²) in [6.07, 6.45) is 0.527. The maximum absolute atomic E-state index is 10.9. The van der Waals surface area contributed by atoms with Crippen LogP contribution in [0.2, 0.25) is 0 Å². The smallest absolute Gasteiger partial charge is 0.229 e. The molecule has 0 saturated heterocycles. The standard InChI is InChI=1S/C10H13NOS/c1-3-10(12)11-13-9-6-4-8(2)5-7-9/h4-7H,3H2,1-2H3,(H,11,12). The normalized spacial score (nSPS) is 9.69. The Hall–Kier alpha value is -0.960. The molecule has 13 heavy (non-hydrogen) atoms. The molecular formula is C10H13NOS. The maximum Gasteiger partial charge on any atom is 0.229 e. The summed E-state index contributed by atoms with van der Waals surface area (Å²) >= 11 is 1.36. The fraction of sp³-hybridized carbons (Fsp3) is 0.300. The maximum atomic E-state index is 10.9. The lowest BCUT2D eigenvalue weighted by atomic mass is 10.2. The van der Waals surface area contributed by atoms with Crippen molar-refractivity contribution >= 4 is 17.9 Å². The van der Waals surface area contributed by atoms with Crippen LogP contribution >= 0.6 is 11.9 Å². The van der Waals surface area contributed by atoms with Crippen LogP contribution in [0, 0.1) is 6.92 Å². The van der Waals surface area contributed by atoms with E-state index in [9.17, 15) is 4.79 Å². The van der Waals surface area contributed by atoms with E-state index in [-0.39, 0.29) is 5.91 Å². The summed E-state index contributed by atoms with van der Waals surface area (Å²) in [5.41, 5.74) is 1.23. The first-order valence-corrected chi connectivity index (χ1v) is 5.06. The molecule has 1 N–H and O–H groups in total. The Morgan fingerprint density at radius 1 is 1.38 bits per heavy atom. The van der Waals surface area contributed by atoms with E-state index in [1.165, 1.54) is 17.5 Å². The SMILES string of the molecule is CCC(=O)NSc1ccc(C)cc1. The molecule has 0 heterocycles. The minimum atomic E-state index is 0.0607. The predicted molar refractivity (Wildman–Crippen MR) is 55.5 cm³/mol. The molecular weight excluding hydrogens is 182 g/mol. The Morgan fingerprint density at radius 3 is 2.54 bits per heavy atom. The Bertz CT molecular complexity index is 281. The van der Waals surface area contributed by atoms with E-state index in [1.54, 1.807) is 0 Å². The van der Waals surface area contributed by atoms with E-state index < -0.39 is 0 Å². The zero-order valence-corrected chi connectivity index (χ0v) is 8.65. The third-order valence-corrected chi connectivity index (χ3v) is 2.46. The molecule has 0 fully saturated rings. The Labute approximate surface area is 82.9 Å². The first-order valence-electron chi connectivity index (χ1n) is 4.24. The van der Waals surface area contributed by atoms with E-state index in [4.69, 9.17) is 0 Å². The largest absolute Gasteiger partial charge is 0.296 e. The van der Waals surface area contributed by atoms with Gasteiger partial charge in [0, 0.05) is 11.3 Å². The second-order valence-corrected chi connectivity index (χ2v) is 3.67. The topological polar surface area (TPSA) is 29.1 Å². The number of carbonyl (C=O) groups is 1. The summed E-state index contributed by atoms with van der Waals surface area (Å²) in [4.78, 5) is 12.0. The molecule has 1 aromatic carbocycles. The summed E-state index contributed by atoms with van der Waals surface area (Å²) < 4.78 is 2.75. The van der Waals surface area contributed by atoms with Gasteiger partial charge in [-0.15, -0.1) is 0 Å². The average Bonchev–Trinajstić information content (AvgIpc) is 2.16. The van der Waals surface area contributed by atoms with Gasteiger partial charge in [-0.05, 0) is 31.0 Å². The summed E-state index contributed by atoms with van der Waals surface area (Å²) in [5.74, 6) is 0.0607. The highest BCUT2D eigenvalue weighted by Crippen LogP contribution is 2.14. The van der Waals surface area contributed by atoms with E-state index in [0.717, 1.165) is 4.90 Å². The number of hydrogen-bond donors (Lipinski definition) is 1. The summed E-state index contributed by atoms with van der Waals surface area (Å²) in [5, 5.41) is 0. The molecule has 0 saturated carbocycles. The van der Waals surface area contributed by atoms with Crippen molar-refractivity contribution in [2.45, 2.75) is 25.2 Å². The fourth-order valence-electron chi connectivity index (χ4n) is 0.794. The summed E-state index contributed by atoms with van der Waals surface area (Å²) in [6, 6.07) is 8.05. The third kappa shape index (κ3) is 3.51. The Morgan fingerprint density at radius 2 is 2.00 bits per heavy atom. The lowest BCUT2D eigenvalue weighted by molar-refractivity contribution is -0.118. The zero-order valence-electron chi connectivity index (χ0n) is 7.83. The molecule has 0 atom stereocenters. The van der Waals surface area contributed by atoms with Gasteiger partial charge in [0.2, 0.25) is 5.91 Å². The van der Waals surface area contributed by atoms with Crippen LogP contribution in [0.1, 0.15) is 18.9 Å². The van der Waals surface area contributed by atoms with Crippen LogP contribution in [0.4, 0.5) is 0 Å². The van der Waals surface area contributed by atoms with E-state index >= 15 is 0 Å². The van der Waals surface area contributed by atoms with Crippen molar-refractivity contribution in [3.8, 4) is 0 Å². The highest BCUT2D eigenvalue weighted by Gasteiger charge is 1.97. The first kappa shape index (κ1) is 10.1. The van der Waals surface area contributed by atoms with Gasteiger partial charge in [-0.25, -0.2) is 0 Å². The molecule has 0 radical (unpaired) electrons. The molecule has 1 rings (SSSR count). The highest BCUT2D eigenvalue weighted by molar-refractivity contribution is 7.98. The number of amides is 1. The predicted octanol–water partition coefficient (Wildman–Crippen LogP) is 2.53. The van der Waals surface area contributed by atoms with Gasteiger partial charge in [-0.1, -0.05) is 24.6 Å². The van der Waals surface area contributed by atoms with Crippen molar-refractivity contribution in [3.05, 3.63) is 29.8 Å². The van der Waals surface area contributed by atoms with Gasteiger partial charge in [-0.3, -0.25) is 9.52 Å². The van der Waals surface area contributed by atoms with Gasteiger partial charge in [0.15, 0.2) is 0 Å². The number of aryl methyl sites for hydroxylation is 1. The molecule has 0 aliphatic carbocycles. The van der Waals surface area contributed by atoms with Crippen molar-refractivity contribution in [1.29, 1.82) is 0 Å². The Kier molecular flexibility index (Phi) is 3.83. The minimum Gasteiger partial charge on any atom is -0.296 e. The molecule has 1 aromatic rings. The van der Waals surface area contributed by atoms with Crippen molar-refractivity contribution in [3.63, 3.8) is 0 Å². The molecule has 3 heteroatoms. The third-order valence-electron chi connectivity index (χ3n) is 1.62. The second kappa shape index (κ2) is 4.92. The molecule has 0 unspecified atom stereocenters. The quantitative estimate of drug-likeness (QED) is 0.751. The van der Waals surface area contributed by atoms with Crippen LogP contribution in [-0.4, -0.2) is 5.91 Å². The van der Waals surface area contributed by atoms with Gasteiger partial charge in [0.1, 0.15) is 0 Å². The van der Waals surface area contributed by atoms with Gasteiger partial charge in [0.25, 0.3) is 0 Å². The molecule has 0 aliphatic rings. The minimum absolute atomic E-state index is 0.0607. The molecule has 2 nitrogen and oxygen atoms in total. The number of carbonyl (C=O) groups excluding carboxylic acids is 1. The van der Waals surface area contributed by atoms with E-state index in [0.29, 0.717) is 6.42 Å². The van der Waals surface area contributed by atoms with Crippen molar-refractivity contribution in [1.82, 2.24) is 4.72 Å². The molecule has 0 aliphatic heterocycles. The van der Waals surface area contributed by atoms with Crippen LogP contribution in [0.25, 0.3) is 0 Å². The molecule has 70 valence electrons. The van der Waals surface area contributed by atoms with E-state index in [1.807, 2.05) is 38.1 Å². The van der Waals surface area contributed by atoms with Crippen LogP contribution in [0.5, 0.6) is 0 Å². The fourth-order valence-corrected chi connectivity index (χ4v) is 1.44. The van der Waals surface area contributed by atoms with Crippen LogP contribution < -0.4 is 4.72 Å². The van der Waals surface area contributed by atoms with Crippen LogP contribution in [-0.2, 0) is 4.79 Å². The molecule has 1 amide bonds. The van der Waals surface area contributed by atoms with Crippen LogP contribution in [0.15, 0.2) is 29.2 Å². The monoisotopic (exact) mass is 195 g/mol. The van der Waals surface area contributed by atoms with Crippen molar-refractivity contribution in [2.24, 2.45) is 0 Å². The molecule has 0 spiro atoms. The number of hydrogen-bond acceptors (Lipinski definition) is 2. The summed E-state index contributed by atoms with van der Waals surface area (Å²) in [7, 11) is 0. The van der Waals surface area contributed by atoms with Crippen LogP contribution in [0.3, 0.4) is 0 Å². The lowest BCUT2D eigenvalue weighted by Crippen LogP contribution is -2.13. The second-order valence-electron chi connectivity index (χ2n) is 2.79. The number of benzene rings is 1. The summed E-state index contributed by atoms with van der Waals surface area (Å²) in [6.45, 7) is 3.88. The number of nitrogens with one attached hydrogen (secondary N) is 1. The van der Waals surface area contributed by atoms with Gasteiger partial charge in [0.05, 0.1) is 0 Å². The van der Waals surface area contributed by atoms with Gasteiger partial charge >= 0.3 is 0 Å². The lowest BCUT2D eigenvalue weighted by Gasteiger charge is -2.02. The first-order chi connectivity index (χ1) is 6.22. The highest BCUT2D eigenvalue weighted by atomic mass is 32.2. The zero-order chi connectivity index (χ0) is 9.68. The molecule has 0 bridgehead atoms.